The normalized spacial score (nSPS) is 15.1. The summed E-state index contributed by atoms with van der Waals surface area (Å²) >= 11 is 0. The second-order valence-corrected chi connectivity index (χ2v) is 8.88. The van der Waals surface area contributed by atoms with Crippen LogP contribution in [0, 0.1) is 6.92 Å². The van der Waals surface area contributed by atoms with Gasteiger partial charge in [0.1, 0.15) is 0 Å². The molecule has 2 heterocycles. The van der Waals surface area contributed by atoms with Crippen LogP contribution < -0.4 is 11.1 Å². The molecule has 0 spiro atoms. The SMILES string of the molecule is Cc1ccc(C(=O)Nc2cc(CN3CCOCC3)cc(C(F)(F)F)c2)cc1N=CC(=CN)c1cccnc1. The number of pyridine rings is 1. The van der Waals surface area contributed by atoms with E-state index in [9.17, 15) is 18.0 Å². The molecule has 2 aromatic carbocycles. The first-order chi connectivity index (χ1) is 18.2. The summed E-state index contributed by atoms with van der Waals surface area (Å²) in [7, 11) is 0. The number of halogens is 3. The van der Waals surface area contributed by atoms with E-state index < -0.39 is 17.6 Å². The third-order valence-electron chi connectivity index (χ3n) is 6.08. The van der Waals surface area contributed by atoms with Crippen LogP contribution >= 0.6 is 0 Å². The second kappa shape index (κ2) is 12.0. The molecule has 4 rings (SSSR count). The number of hydrogen-bond donors (Lipinski definition) is 2. The number of nitrogens with one attached hydrogen (secondary N) is 1. The van der Waals surface area contributed by atoms with Gasteiger partial charge < -0.3 is 15.8 Å². The monoisotopic (exact) mass is 523 g/mol. The van der Waals surface area contributed by atoms with Gasteiger partial charge in [0.25, 0.3) is 5.91 Å². The van der Waals surface area contributed by atoms with Crippen molar-refractivity contribution in [1.29, 1.82) is 0 Å². The van der Waals surface area contributed by atoms with Crippen molar-refractivity contribution in [3.8, 4) is 0 Å². The fraction of sp³-hybridized carbons (Fsp3) is 0.250. The number of aromatic nitrogens is 1. The van der Waals surface area contributed by atoms with Crippen LogP contribution in [0.3, 0.4) is 0 Å². The number of hydrogen-bond acceptors (Lipinski definition) is 6. The number of morpholine rings is 1. The molecule has 1 aromatic heterocycles. The number of amides is 1. The Kier molecular flexibility index (Phi) is 8.55. The van der Waals surface area contributed by atoms with Gasteiger partial charge >= 0.3 is 6.18 Å². The zero-order valence-electron chi connectivity index (χ0n) is 20.8. The Balaban J connectivity index is 1.55. The summed E-state index contributed by atoms with van der Waals surface area (Å²) < 4.78 is 46.1. The van der Waals surface area contributed by atoms with Crippen molar-refractivity contribution in [3.63, 3.8) is 0 Å². The van der Waals surface area contributed by atoms with Gasteiger partial charge in [-0.05, 0) is 54.4 Å². The van der Waals surface area contributed by atoms with Gasteiger partial charge in [-0.25, -0.2) is 0 Å². The fourth-order valence-electron chi connectivity index (χ4n) is 4.02. The second-order valence-electron chi connectivity index (χ2n) is 8.88. The third-order valence-corrected chi connectivity index (χ3v) is 6.08. The third kappa shape index (κ3) is 7.05. The number of alkyl halides is 3. The first-order valence-corrected chi connectivity index (χ1v) is 12.0. The van der Waals surface area contributed by atoms with Crippen LogP contribution in [0.5, 0.6) is 0 Å². The number of benzene rings is 2. The standard InChI is InChI=1S/C28H28F3N5O2/c1-19-4-5-21(13-26(19)34-17-23(15-32)22-3-2-6-33-16-22)27(37)35-25-12-20(11-24(14-25)28(29,30)31)18-36-7-9-38-10-8-36/h2-6,11-17H,7-10,18,32H2,1H3,(H,35,37). The van der Waals surface area contributed by atoms with Crippen molar-refractivity contribution >= 4 is 29.1 Å². The summed E-state index contributed by atoms with van der Waals surface area (Å²) in [5.74, 6) is -0.542. The zero-order chi connectivity index (χ0) is 27.1. The van der Waals surface area contributed by atoms with Gasteiger partial charge in [0, 0.05) is 66.8 Å². The van der Waals surface area contributed by atoms with Crippen molar-refractivity contribution in [2.45, 2.75) is 19.6 Å². The summed E-state index contributed by atoms with van der Waals surface area (Å²) in [4.78, 5) is 23.6. The zero-order valence-corrected chi connectivity index (χ0v) is 20.8. The van der Waals surface area contributed by atoms with Crippen molar-refractivity contribution in [3.05, 3.63) is 94.9 Å². The largest absolute Gasteiger partial charge is 0.416 e. The first kappa shape index (κ1) is 27.0. The van der Waals surface area contributed by atoms with E-state index in [0.717, 1.165) is 23.3 Å². The van der Waals surface area contributed by atoms with Gasteiger partial charge in [0.2, 0.25) is 0 Å². The van der Waals surface area contributed by atoms with Crippen LogP contribution in [0.1, 0.15) is 32.6 Å². The minimum absolute atomic E-state index is 0.0728. The van der Waals surface area contributed by atoms with E-state index >= 15 is 0 Å². The molecule has 3 aromatic rings. The molecule has 0 unspecified atom stereocenters. The van der Waals surface area contributed by atoms with Gasteiger partial charge in [0.15, 0.2) is 0 Å². The van der Waals surface area contributed by atoms with Crippen molar-refractivity contribution in [1.82, 2.24) is 9.88 Å². The highest BCUT2D eigenvalue weighted by Gasteiger charge is 2.31. The van der Waals surface area contributed by atoms with Gasteiger partial charge in [0.05, 0.1) is 24.5 Å². The molecule has 0 saturated carbocycles. The Hall–Kier alpha value is -4.02. The van der Waals surface area contributed by atoms with Crippen LogP contribution in [0.4, 0.5) is 24.5 Å². The van der Waals surface area contributed by atoms with Crippen LogP contribution in [0.25, 0.3) is 5.57 Å². The Morgan fingerprint density at radius 2 is 1.95 bits per heavy atom. The number of ether oxygens (including phenoxy) is 1. The lowest BCUT2D eigenvalue weighted by atomic mass is 10.1. The van der Waals surface area contributed by atoms with Crippen molar-refractivity contribution in [2.24, 2.45) is 10.7 Å². The molecule has 3 N–H and O–H groups in total. The maximum atomic E-state index is 13.6. The maximum absolute atomic E-state index is 13.6. The number of aliphatic imine (C=N–C) groups is 1. The molecular weight excluding hydrogens is 495 g/mol. The molecule has 198 valence electrons. The summed E-state index contributed by atoms with van der Waals surface area (Å²) in [6.45, 7) is 4.50. The number of carbonyl (C=O) groups is 1. The highest BCUT2D eigenvalue weighted by molar-refractivity contribution is 6.10. The van der Waals surface area contributed by atoms with E-state index in [1.807, 2.05) is 17.9 Å². The van der Waals surface area contributed by atoms with Crippen LogP contribution in [0.2, 0.25) is 0 Å². The number of anilines is 1. The van der Waals surface area contributed by atoms with E-state index in [1.54, 1.807) is 48.9 Å². The number of carbonyl (C=O) groups excluding carboxylic acids is 1. The average Bonchev–Trinajstić information content (AvgIpc) is 2.90. The molecule has 10 heteroatoms. The summed E-state index contributed by atoms with van der Waals surface area (Å²) in [5, 5.41) is 2.62. The fourth-order valence-corrected chi connectivity index (χ4v) is 4.02. The number of allylic oxidation sites excluding steroid dienone is 1. The molecule has 0 bridgehead atoms. The van der Waals surface area contributed by atoms with Crippen molar-refractivity contribution in [2.75, 3.05) is 31.6 Å². The predicted molar refractivity (Wildman–Crippen MR) is 141 cm³/mol. The minimum atomic E-state index is -4.55. The highest BCUT2D eigenvalue weighted by Crippen LogP contribution is 2.33. The topological polar surface area (TPSA) is 92.8 Å². The molecule has 1 saturated heterocycles. The summed E-state index contributed by atoms with van der Waals surface area (Å²) in [6, 6.07) is 12.2. The number of rotatable bonds is 7. The van der Waals surface area contributed by atoms with Gasteiger partial charge in [-0.3, -0.25) is 19.7 Å². The molecule has 7 nitrogen and oxygen atoms in total. The van der Waals surface area contributed by atoms with Crippen LogP contribution in [-0.4, -0.2) is 48.3 Å². The number of nitrogens with zero attached hydrogens (tertiary/aromatic N) is 3. The molecule has 1 aliphatic heterocycles. The van der Waals surface area contributed by atoms with Crippen LogP contribution in [0.15, 0.2) is 72.1 Å². The highest BCUT2D eigenvalue weighted by atomic mass is 19.4. The van der Waals surface area contributed by atoms with Crippen molar-refractivity contribution < 1.29 is 22.7 Å². The predicted octanol–water partition coefficient (Wildman–Crippen LogP) is 5.20. The van der Waals surface area contributed by atoms with E-state index in [0.29, 0.717) is 49.7 Å². The molecular formula is C28H28F3N5O2. The first-order valence-electron chi connectivity index (χ1n) is 12.0. The molecule has 1 amide bonds. The van der Waals surface area contributed by atoms with E-state index in [-0.39, 0.29) is 11.3 Å². The number of aryl methyl sites for hydroxylation is 1. The Morgan fingerprint density at radius 3 is 2.63 bits per heavy atom. The van der Waals surface area contributed by atoms with Gasteiger partial charge in [-0.2, -0.15) is 13.2 Å². The Bertz CT molecular complexity index is 1330. The lowest BCUT2D eigenvalue weighted by Gasteiger charge is -2.27. The van der Waals surface area contributed by atoms with E-state index in [1.165, 1.54) is 6.20 Å². The lowest BCUT2D eigenvalue weighted by molar-refractivity contribution is -0.137. The summed E-state index contributed by atoms with van der Waals surface area (Å²) in [6.07, 6.45) is 1.75. The van der Waals surface area contributed by atoms with Gasteiger partial charge in [-0.1, -0.05) is 12.1 Å². The molecule has 38 heavy (non-hydrogen) atoms. The molecule has 0 atom stereocenters. The minimum Gasteiger partial charge on any atom is -0.404 e. The smallest absolute Gasteiger partial charge is 0.404 e. The molecule has 1 fully saturated rings. The van der Waals surface area contributed by atoms with E-state index in [2.05, 4.69) is 15.3 Å². The average molecular weight is 524 g/mol. The Labute approximate surface area is 218 Å². The van der Waals surface area contributed by atoms with Crippen LogP contribution in [-0.2, 0) is 17.5 Å². The number of nitrogens with two attached hydrogens (primary N) is 1. The lowest BCUT2D eigenvalue weighted by Crippen LogP contribution is -2.35. The van der Waals surface area contributed by atoms with E-state index in [4.69, 9.17) is 10.5 Å². The Morgan fingerprint density at radius 1 is 1.16 bits per heavy atom. The quantitative estimate of drug-likeness (QED) is 0.416. The maximum Gasteiger partial charge on any atom is 0.416 e. The van der Waals surface area contributed by atoms with Gasteiger partial charge in [-0.15, -0.1) is 0 Å². The molecule has 1 aliphatic rings. The molecule has 0 radical (unpaired) electrons. The molecule has 0 aliphatic carbocycles. The summed E-state index contributed by atoms with van der Waals surface area (Å²) in [5.41, 5.74) is 8.49.